The number of thiocarbonyl (C=S) groups is 1. The van der Waals surface area contributed by atoms with E-state index in [1.54, 1.807) is 12.3 Å². The molecule has 3 fully saturated rings. The molecule has 1 unspecified atom stereocenters. The van der Waals surface area contributed by atoms with E-state index in [9.17, 15) is 19.8 Å². The molecule has 3 aliphatic rings. The first-order valence-corrected chi connectivity index (χ1v) is 9.71. The highest BCUT2D eigenvalue weighted by Gasteiger charge is 2.60. The Bertz CT molecular complexity index is 591. The van der Waals surface area contributed by atoms with Crippen LogP contribution >= 0.6 is 35.7 Å². The van der Waals surface area contributed by atoms with Crippen LogP contribution in [-0.4, -0.2) is 80.0 Å². The van der Waals surface area contributed by atoms with E-state index in [1.165, 1.54) is 28.4 Å². The van der Waals surface area contributed by atoms with Gasteiger partial charge in [0.25, 0.3) is 0 Å². The van der Waals surface area contributed by atoms with Gasteiger partial charge in [-0.25, -0.2) is 4.79 Å². The largest absolute Gasteiger partial charge is 0.479 e. The first-order chi connectivity index (χ1) is 11.4. The van der Waals surface area contributed by atoms with Gasteiger partial charge in [-0.1, -0.05) is 24.0 Å². The molecule has 10 heteroatoms. The van der Waals surface area contributed by atoms with Gasteiger partial charge >= 0.3 is 5.97 Å². The smallest absolute Gasteiger partial charge is 0.331 e. The van der Waals surface area contributed by atoms with E-state index in [0.29, 0.717) is 22.4 Å². The van der Waals surface area contributed by atoms with Gasteiger partial charge in [-0.3, -0.25) is 4.79 Å². The number of carboxylic acids is 1. The van der Waals surface area contributed by atoms with Crippen molar-refractivity contribution >= 4 is 51.9 Å². The zero-order chi connectivity index (χ0) is 17.4. The molecule has 3 aliphatic heterocycles. The molecule has 0 aromatic carbocycles. The van der Waals surface area contributed by atoms with Crippen LogP contribution < -0.4 is 0 Å². The lowest BCUT2D eigenvalue weighted by atomic mass is 9.91. The molecular weight excluding hydrogens is 372 g/mol. The van der Waals surface area contributed by atoms with Crippen LogP contribution in [0.3, 0.4) is 0 Å². The third-order valence-electron chi connectivity index (χ3n) is 4.22. The second-order valence-corrected chi connectivity index (χ2v) is 8.46. The Hall–Kier alpha value is -0.810. The maximum absolute atomic E-state index is 12.1. The number of aliphatic carboxylic acids is 1. The fourth-order valence-electron chi connectivity index (χ4n) is 2.96. The average molecular weight is 391 g/mol. The number of carboxylic acid groups (broad SMARTS) is 1. The lowest BCUT2D eigenvalue weighted by Gasteiger charge is -2.44. The minimum atomic E-state index is -1.06. The normalized spacial score (nSPS) is 32.5. The van der Waals surface area contributed by atoms with Gasteiger partial charge in [0.1, 0.15) is 4.32 Å². The predicted molar refractivity (Wildman–Crippen MR) is 95.5 cm³/mol. The summed E-state index contributed by atoms with van der Waals surface area (Å²) in [5.74, 6) is -1.91. The Morgan fingerprint density at radius 3 is 2.75 bits per heavy atom. The number of morpholine rings is 1. The number of ether oxygens (including phenoxy) is 1. The average Bonchev–Trinajstić information content (AvgIpc) is 2.87. The number of nitrogens with zero attached hydrogens (tertiary/aromatic N) is 2. The molecular formula is C14H18N2O5S3. The number of aliphatic hydroxyl groups is 1. The number of fused-ring (bicyclic) bond motifs is 1. The molecule has 7 nitrogen and oxygen atoms in total. The van der Waals surface area contributed by atoms with E-state index >= 15 is 0 Å². The van der Waals surface area contributed by atoms with Gasteiger partial charge in [0.15, 0.2) is 6.04 Å². The highest BCUT2D eigenvalue weighted by molar-refractivity contribution is 8.25. The number of hydrogen-bond acceptors (Lipinski definition) is 7. The van der Waals surface area contributed by atoms with Gasteiger partial charge in [0, 0.05) is 18.0 Å². The predicted octanol–water partition coefficient (Wildman–Crippen LogP) is 0.543. The minimum Gasteiger partial charge on any atom is -0.479 e. The van der Waals surface area contributed by atoms with Crippen LogP contribution in [-0.2, 0) is 14.3 Å². The summed E-state index contributed by atoms with van der Waals surface area (Å²) in [7, 11) is 0. The van der Waals surface area contributed by atoms with Crippen molar-refractivity contribution < 1.29 is 24.5 Å². The third kappa shape index (κ3) is 3.17. The monoisotopic (exact) mass is 390 g/mol. The van der Waals surface area contributed by atoms with Crippen LogP contribution in [0.5, 0.6) is 0 Å². The maximum Gasteiger partial charge on any atom is 0.331 e. The molecule has 0 aliphatic carbocycles. The zero-order valence-electron chi connectivity index (χ0n) is 13.0. The van der Waals surface area contributed by atoms with Crippen LogP contribution in [0.4, 0.5) is 0 Å². The van der Waals surface area contributed by atoms with Gasteiger partial charge in [0.2, 0.25) is 5.91 Å². The quantitative estimate of drug-likeness (QED) is 0.529. The lowest BCUT2D eigenvalue weighted by Crippen LogP contribution is -2.63. The van der Waals surface area contributed by atoms with Gasteiger partial charge in [-0.2, -0.15) is 0 Å². The number of rotatable bonds is 3. The van der Waals surface area contributed by atoms with Crippen molar-refractivity contribution in [2.75, 3.05) is 26.3 Å². The fourth-order valence-corrected chi connectivity index (χ4v) is 5.78. The molecule has 0 bridgehead atoms. The van der Waals surface area contributed by atoms with E-state index in [4.69, 9.17) is 17.0 Å². The van der Waals surface area contributed by atoms with Crippen molar-refractivity contribution in [3.8, 4) is 0 Å². The summed E-state index contributed by atoms with van der Waals surface area (Å²) in [5.41, 5.74) is 0. The van der Waals surface area contributed by atoms with Crippen LogP contribution in [0.1, 0.15) is 6.92 Å². The summed E-state index contributed by atoms with van der Waals surface area (Å²) >= 11 is 8.01. The fraction of sp³-hybridized carbons (Fsp3) is 0.643. The van der Waals surface area contributed by atoms with Gasteiger partial charge in [0.05, 0.1) is 30.6 Å². The van der Waals surface area contributed by atoms with Crippen LogP contribution in [0.2, 0.25) is 0 Å². The molecule has 0 radical (unpaired) electrons. The Balaban J connectivity index is 1.71. The molecule has 132 valence electrons. The lowest BCUT2D eigenvalue weighted by molar-refractivity contribution is -0.165. The molecule has 4 atom stereocenters. The summed E-state index contributed by atoms with van der Waals surface area (Å²) in [6.07, 6.45) is -0.790. The molecule has 3 rings (SSSR count). The van der Waals surface area contributed by atoms with E-state index in [0.717, 1.165) is 13.1 Å². The van der Waals surface area contributed by atoms with E-state index in [2.05, 4.69) is 0 Å². The van der Waals surface area contributed by atoms with Crippen molar-refractivity contribution in [2.24, 2.45) is 5.92 Å². The Labute approximate surface area is 153 Å². The minimum absolute atomic E-state index is 0.306. The SMILES string of the molecule is C[C@@H](O)[C@H]1C(=O)N2C(C(=O)O)C(=CSC(=S)N3CCOCC3)S[C@H]12. The second kappa shape index (κ2) is 7.20. The van der Waals surface area contributed by atoms with E-state index in [-0.39, 0.29) is 11.3 Å². The third-order valence-corrected chi connectivity index (χ3v) is 7.13. The Morgan fingerprint density at radius 1 is 1.50 bits per heavy atom. The van der Waals surface area contributed by atoms with Gasteiger partial charge in [-0.15, -0.1) is 11.8 Å². The Kier molecular flexibility index (Phi) is 5.40. The molecule has 3 heterocycles. The second-order valence-electron chi connectivity index (χ2n) is 5.76. The zero-order valence-corrected chi connectivity index (χ0v) is 15.4. The number of carbonyl (C=O) groups excluding carboxylic acids is 1. The number of thioether (sulfide) groups is 2. The molecule has 2 N–H and O–H groups in total. The van der Waals surface area contributed by atoms with Crippen LogP contribution in [0.25, 0.3) is 0 Å². The molecule has 24 heavy (non-hydrogen) atoms. The summed E-state index contributed by atoms with van der Waals surface area (Å²) in [5, 5.41) is 20.6. The number of carbonyl (C=O) groups is 2. The first kappa shape index (κ1) is 18.0. The van der Waals surface area contributed by atoms with Crippen molar-refractivity contribution in [1.29, 1.82) is 0 Å². The molecule has 0 spiro atoms. The van der Waals surface area contributed by atoms with Gasteiger partial charge in [-0.05, 0) is 12.3 Å². The molecule has 0 saturated carbocycles. The molecule has 3 saturated heterocycles. The van der Waals surface area contributed by atoms with Gasteiger partial charge < -0.3 is 24.7 Å². The molecule has 1 amide bonds. The summed E-state index contributed by atoms with van der Waals surface area (Å²) in [6.45, 7) is 4.26. The van der Waals surface area contributed by atoms with Crippen molar-refractivity contribution in [3.63, 3.8) is 0 Å². The number of aliphatic hydroxyl groups excluding tert-OH is 1. The first-order valence-electron chi connectivity index (χ1n) is 7.55. The highest BCUT2D eigenvalue weighted by Crippen LogP contribution is 2.51. The summed E-state index contributed by atoms with van der Waals surface area (Å²) in [6, 6.07) is -0.984. The topological polar surface area (TPSA) is 90.3 Å². The maximum atomic E-state index is 12.1. The van der Waals surface area contributed by atoms with Crippen molar-refractivity contribution in [2.45, 2.75) is 24.4 Å². The van der Waals surface area contributed by atoms with Crippen molar-refractivity contribution in [3.05, 3.63) is 10.3 Å². The number of amides is 1. The standard InChI is InChI=1S/C14H18N2O5S3/c1-7(17)9-11(18)16-10(13(19)20)8(24-12(9)16)6-23-14(22)15-2-4-21-5-3-15/h6-7,9-10,12,17H,2-5H2,1H3,(H,19,20)/t7-,9+,10?,12-/m1/s1. The van der Waals surface area contributed by atoms with Crippen molar-refractivity contribution in [1.82, 2.24) is 9.80 Å². The number of hydrogen-bond donors (Lipinski definition) is 2. The van der Waals surface area contributed by atoms with E-state index in [1.807, 2.05) is 4.90 Å². The van der Waals surface area contributed by atoms with Crippen LogP contribution in [0, 0.1) is 5.92 Å². The van der Waals surface area contributed by atoms with Crippen LogP contribution in [0.15, 0.2) is 10.3 Å². The summed E-state index contributed by atoms with van der Waals surface area (Å²) in [4.78, 5) is 27.7. The van der Waals surface area contributed by atoms with E-state index < -0.39 is 24.0 Å². The molecule has 0 aromatic rings. The number of β-lactam (4-membered cyclic amide) rings is 1. The summed E-state index contributed by atoms with van der Waals surface area (Å²) < 4.78 is 5.95. The highest BCUT2D eigenvalue weighted by atomic mass is 32.2. The molecule has 0 aromatic heterocycles. The Morgan fingerprint density at radius 2 is 2.17 bits per heavy atom.